The third kappa shape index (κ3) is 4.66. The molecule has 6 heteroatoms. The first-order valence-electron chi connectivity index (χ1n) is 9.57. The van der Waals surface area contributed by atoms with Crippen LogP contribution in [0.25, 0.3) is 10.9 Å². The number of hydrogen-bond acceptors (Lipinski definition) is 1. The molecule has 0 bridgehead atoms. The maximum atomic E-state index is 13.3. The lowest BCUT2D eigenvalue weighted by Crippen LogP contribution is -2.36. The molecule has 1 fully saturated rings. The summed E-state index contributed by atoms with van der Waals surface area (Å²) in [6.07, 6.45) is 1.70. The molecule has 3 nitrogen and oxygen atoms in total. The second-order valence-electron chi connectivity index (χ2n) is 8.57. The highest BCUT2D eigenvalue weighted by molar-refractivity contribution is 5.99. The molecular weight excluding hydrogens is 353 g/mol. The first kappa shape index (κ1) is 19.8. The predicted molar refractivity (Wildman–Crippen MR) is 101 cm³/mol. The number of hydrogen-bond donors (Lipinski definition) is 2. The van der Waals surface area contributed by atoms with Crippen molar-refractivity contribution < 1.29 is 18.0 Å². The molecule has 27 heavy (non-hydrogen) atoms. The van der Waals surface area contributed by atoms with Crippen LogP contribution in [-0.4, -0.2) is 16.9 Å². The van der Waals surface area contributed by atoms with Crippen molar-refractivity contribution in [3.63, 3.8) is 0 Å². The molecular formula is C21H27F3N2O. The average Bonchev–Trinajstić information content (AvgIpc) is 2.94. The van der Waals surface area contributed by atoms with E-state index in [1.807, 2.05) is 0 Å². The molecule has 2 N–H and O–H groups in total. The highest BCUT2D eigenvalue weighted by atomic mass is 19.4. The second kappa shape index (κ2) is 7.21. The Labute approximate surface area is 157 Å². The van der Waals surface area contributed by atoms with Gasteiger partial charge in [-0.05, 0) is 61.8 Å². The van der Waals surface area contributed by atoms with Gasteiger partial charge in [0.25, 0.3) is 5.91 Å². The number of benzene rings is 1. The van der Waals surface area contributed by atoms with Gasteiger partial charge in [0.15, 0.2) is 0 Å². The van der Waals surface area contributed by atoms with Crippen LogP contribution in [0, 0.1) is 12.3 Å². The first-order chi connectivity index (χ1) is 12.5. The predicted octanol–water partition coefficient (Wildman–Crippen LogP) is 5.97. The van der Waals surface area contributed by atoms with Crippen LogP contribution in [0.1, 0.15) is 74.0 Å². The lowest BCUT2D eigenvalue weighted by atomic mass is 9.79. The van der Waals surface area contributed by atoms with E-state index in [9.17, 15) is 18.0 Å². The summed E-state index contributed by atoms with van der Waals surface area (Å²) in [5.74, 6) is -0.332. The zero-order chi connectivity index (χ0) is 19.8. The molecule has 0 atom stereocenters. The van der Waals surface area contributed by atoms with Crippen molar-refractivity contribution in [3.05, 3.63) is 35.0 Å². The van der Waals surface area contributed by atoms with Gasteiger partial charge < -0.3 is 10.3 Å². The highest BCUT2D eigenvalue weighted by Crippen LogP contribution is 2.36. The van der Waals surface area contributed by atoms with Crippen molar-refractivity contribution in [2.75, 3.05) is 0 Å². The van der Waals surface area contributed by atoms with E-state index >= 15 is 0 Å². The van der Waals surface area contributed by atoms with Gasteiger partial charge in [-0.3, -0.25) is 4.79 Å². The molecule has 2 aromatic rings. The summed E-state index contributed by atoms with van der Waals surface area (Å²) < 4.78 is 39.9. The fourth-order valence-electron chi connectivity index (χ4n) is 4.07. The monoisotopic (exact) mass is 380 g/mol. The molecule has 148 valence electrons. The van der Waals surface area contributed by atoms with Crippen molar-refractivity contribution in [2.24, 2.45) is 5.41 Å². The Morgan fingerprint density at radius 1 is 1.15 bits per heavy atom. The molecule has 1 amide bonds. The average molecular weight is 380 g/mol. The summed E-state index contributed by atoms with van der Waals surface area (Å²) in [6.45, 7) is 6.17. The van der Waals surface area contributed by atoms with Crippen LogP contribution in [0.3, 0.4) is 0 Å². The highest BCUT2D eigenvalue weighted by Gasteiger charge is 2.33. The van der Waals surface area contributed by atoms with Crippen LogP contribution >= 0.6 is 0 Å². The fraction of sp³-hybridized carbons (Fsp3) is 0.571. The van der Waals surface area contributed by atoms with Crippen LogP contribution in [0.2, 0.25) is 0 Å². The number of aromatic nitrogens is 1. The Kier molecular flexibility index (Phi) is 5.28. The van der Waals surface area contributed by atoms with Gasteiger partial charge in [-0.15, -0.1) is 0 Å². The topological polar surface area (TPSA) is 44.9 Å². The maximum absolute atomic E-state index is 13.3. The summed E-state index contributed by atoms with van der Waals surface area (Å²) >= 11 is 0. The van der Waals surface area contributed by atoms with Gasteiger partial charge in [0.1, 0.15) is 5.69 Å². The van der Waals surface area contributed by atoms with Crippen LogP contribution in [0.15, 0.2) is 18.2 Å². The molecule has 1 aliphatic carbocycles. The third-order valence-electron chi connectivity index (χ3n) is 5.58. The van der Waals surface area contributed by atoms with E-state index in [1.54, 1.807) is 13.0 Å². The molecule has 1 aromatic carbocycles. The smallest absolute Gasteiger partial charge is 0.351 e. The van der Waals surface area contributed by atoms with Crippen molar-refractivity contribution >= 4 is 16.8 Å². The summed E-state index contributed by atoms with van der Waals surface area (Å²) in [6, 6.07) is 4.15. The molecule has 0 unspecified atom stereocenters. The maximum Gasteiger partial charge on any atom is 0.417 e. The van der Waals surface area contributed by atoms with Crippen molar-refractivity contribution in [1.82, 2.24) is 10.3 Å². The van der Waals surface area contributed by atoms with Crippen LogP contribution < -0.4 is 5.32 Å². The number of fused-ring (bicyclic) bond motifs is 1. The standard InChI is InChI=1S/C21H27F3N2O/c1-13-10-16(21(22,23)24)15-12-18(26-17(15)11-13)19(27)25-14-6-4-8-20(2,3)9-5-7-14/h10-12,14,26H,4-9H2,1-3H3,(H,25,27). The molecule has 1 aromatic heterocycles. The molecule has 0 spiro atoms. The summed E-state index contributed by atoms with van der Waals surface area (Å²) in [5, 5.41) is 3.05. The van der Waals surface area contributed by atoms with Gasteiger partial charge >= 0.3 is 6.18 Å². The second-order valence-corrected chi connectivity index (χ2v) is 8.57. The van der Waals surface area contributed by atoms with Crippen LogP contribution in [0.5, 0.6) is 0 Å². The number of rotatable bonds is 2. The van der Waals surface area contributed by atoms with E-state index in [0.29, 0.717) is 16.5 Å². The number of amides is 1. The van der Waals surface area contributed by atoms with Gasteiger partial charge in [0.2, 0.25) is 0 Å². The van der Waals surface area contributed by atoms with Crippen molar-refractivity contribution in [3.8, 4) is 0 Å². The van der Waals surface area contributed by atoms with Crippen LogP contribution in [0.4, 0.5) is 13.2 Å². The zero-order valence-corrected chi connectivity index (χ0v) is 16.1. The molecule has 1 heterocycles. The SMILES string of the molecule is Cc1cc(C(F)(F)F)c2cc(C(=O)NC3CCCC(C)(C)CCC3)[nH]c2c1. The van der Waals surface area contributed by atoms with E-state index in [1.165, 1.54) is 6.07 Å². The quantitative estimate of drug-likeness (QED) is 0.662. The minimum absolute atomic E-state index is 0.0395. The Hall–Kier alpha value is -1.98. The lowest BCUT2D eigenvalue weighted by molar-refractivity contribution is -0.136. The number of nitrogens with one attached hydrogen (secondary N) is 2. The first-order valence-corrected chi connectivity index (χ1v) is 9.57. The number of carbonyl (C=O) groups is 1. The molecule has 0 radical (unpaired) electrons. The summed E-state index contributed by atoms with van der Waals surface area (Å²) in [5.41, 5.74) is 0.667. The zero-order valence-electron chi connectivity index (χ0n) is 16.1. The number of halogens is 3. The minimum Gasteiger partial charge on any atom is -0.351 e. The number of carbonyl (C=O) groups excluding carboxylic acids is 1. The van der Waals surface area contributed by atoms with E-state index < -0.39 is 11.7 Å². The molecule has 3 rings (SSSR count). The van der Waals surface area contributed by atoms with E-state index in [2.05, 4.69) is 24.1 Å². The lowest BCUT2D eigenvalue weighted by Gasteiger charge is -2.30. The van der Waals surface area contributed by atoms with Crippen molar-refractivity contribution in [2.45, 2.75) is 71.5 Å². The Balaban J connectivity index is 1.78. The van der Waals surface area contributed by atoms with Gasteiger partial charge in [0.05, 0.1) is 5.56 Å². The van der Waals surface area contributed by atoms with Gasteiger partial charge in [-0.25, -0.2) is 0 Å². The number of alkyl halides is 3. The largest absolute Gasteiger partial charge is 0.417 e. The molecule has 0 aliphatic heterocycles. The van der Waals surface area contributed by atoms with Gasteiger partial charge in [-0.1, -0.05) is 26.7 Å². The Morgan fingerprint density at radius 3 is 2.37 bits per heavy atom. The third-order valence-corrected chi connectivity index (χ3v) is 5.58. The molecule has 1 saturated carbocycles. The molecule has 1 aliphatic rings. The van der Waals surface area contributed by atoms with Crippen LogP contribution in [-0.2, 0) is 6.18 Å². The van der Waals surface area contributed by atoms with Crippen molar-refractivity contribution in [1.29, 1.82) is 0 Å². The number of H-pyrrole nitrogens is 1. The molecule has 0 saturated heterocycles. The number of aryl methyl sites for hydroxylation is 1. The van der Waals surface area contributed by atoms with E-state index in [-0.39, 0.29) is 23.0 Å². The van der Waals surface area contributed by atoms with E-state index in [4.69, 9.17) is 0 Å². The summed E-state index contributed by atoms with van der Waals surface area (Å²) in [4.78, 5) is 15.5. The fourth-order valence-corrected chi connectivity index (χ4v) is 4.07. The van der Waals surface area contributed by atoms with Gasteiger partial charge in [-0.2, -0.15) is 13.2 Å². The Morgan fingerprint density at radius 2 is 1.78 bits per heavy atom. The number of aromatic amines is 1. The minimum atomic E-state index is -4.45. The van der Waals surface area contributed by atoms with Gasteiger partial charge in [0, 0.05) is 16.9 Å². The summed E-state index contributed by atoms with van der Waals surface area (Å²) in [7, 11) is 0. The Bertz CT molecular complexity index is 824. The van der Waals surface area contributed by atoms with E-state index in [0.717, 1.165) is 44.6 Å². The normalized spacial score (nSPS) is 18.9.